The van der Waals surface area contributed by atoms with Gasteiger partial charge in [-0.3, -0.25) is 4.79 Å². The average Bonchev–Trinajstić information content (AvgIpc) is 3.04. The Hall–Kier alpha value is -0.810. The van der Waals surface area contributed by atoms with Gasteiger partial charge in [0.05, 0.1) is 5.41 Å². The predicted octanol–water partition coefficient (Wildman–Crippen LogP) is 4.28. The van der Waals surface area contributed by atoms with E-state index < -0.39 is 0 Å². The van der Waals surface area contributed by atoms with Gasteiger partial charge in [0.15, 0.2) is 0 Å². The lowest BCUT2D eigenvalue weighted by Crippen LogP contribution is -2.17. The van der Waals surface area contributed by atoms with Crippen molar-refractivity contribution in [1.82, 2.24) is 0 Å². The van der Waals surface area contributed by atoms with Crippen LogP contribution in [0, 0.1) is 11.3 Å². The van der Waals surface area contributed by atoms with Gasteiger partial charge in [-0.25, -0.2) is 0 Å². The summed E-state index contributed by atoms with van der Waals surface area (Å²) in [7, 11) is 0. The van der Waals surface area contributed by atoms with Crippen LogP contribution in [0.4, 0.5) is 0 Å². The molecule has 0 heterocycles. The van der Waals surface area contributed by atoms with Crippen molar-refractivity contribution < 1.29 is 4.79 Å². The molecule has 1 rings (SSSR count). The van der Waals surface area contributed by atoms with Crippen LogP contribution in [0.15, 0.2) is 17.9 Å². The highest BCUT2D eigenvalue weighted by molar-refractivity contribution is 5.90. The van der Waals surface area contributed by atoms with E-state index in [1.165, 1.54) is 12.0 Å². The van der Waals surface area contributed by atoms with Crippen molar-refractivity contribution in [2.45, 2.75) is 59.3 Å². The fourth-order valence-corrected chi connectivity index (χ4v) is 2.40. The topological polar surface area (TPSA) is 17.1 Å². The quantitative estimate of drug-likeness (QED) is 0.585. The highest BCUT2D eigenvalue weighted by Crippen LogP contribution is 2.54. The van der Waals surface area contributed by atoms with Crippen LogP contribution in [0.1, 0.15) is 59.3 Å². The van der Waals surface area contributed by atoms with Crippen molar-refractivity contribution in [1.29, 1.82) is 0 Å². The zero-order valence-electron chi connectivity index (χ0n) is 10.9. The minimum absolute atomic E-state index is 0.131. The molecule has 0 unspecified atom stereocenters. The van der Waals surface area contributed by atoms with Crippen molar-refractivity contribution in [3.8, 4) is 0 Å². The lowest BCUT2D eigenvalue weighted by atomic mass is 9.86. The number of Topliss-reactive ketones (excluding diaryl/α,β-unsaturated/α-hetero) is 1. The monoisotopic (exact) mass is 220 g/mol. The van der Waals surface area contributed by atoms with Crippen molar-refractivity contribution in [3.63, 3.8) is 0 Å². The Morgan fingerprint density at radius 3 is 2.44 bits per heavy atom. The smallest absolute Gasteiger partial charge is 0.143 e. The van der Waals surface area contributed by atoms with E-state index in [0.717, 1.165) is 31.6 Å². The van der Waals surface area contributed by atoms with E-state index in [-0.39, 0.29) is 5.41 Å². The van der Waals surface area contributed by atoms with E-state index in [2.05, 4.69) is 26.2 Å². The van der Waals surface area contributed by atoms with Gasteiger partial charge >= 0.3 is 0 Å². The van der Waals surface area contributed by atoms with E-state index in [1.807, 2.05) is 6.92 Å². The molecule has 0 aromatic carbocycles. The molecule has 0 aromatic heterocycles. The van der Waals surface area contributed by atoms with Crippen LogP contribution in [0.3, 0.4) is 0 Å². The summed E-state index contributed by atoms with van der Waals surface area (Å²) < 4.78 is 0. The SMILES string of the molecule is C=C=C(CCCC(C)C)C1(C(=O)CC)CC1. The summed E-state index contributed by atoms with van der Waals surface area (Å²) in [4.78, 5) is 11.9. The summed E-state index contributed by atoms with van der Waals surface area (Å²) in [6.07, 6.45) is 6.09. The van der Waals surface area contributed by atoms with E-state index >= 15 is 0 Å². The third-order valence-electron chi connectivity index (χ3n) is 3.60. The molecule has 0 atom stereocenters. The fourth-order valence-electron chi connectivity index (χ4n) is 2.40. The fraction of sp³-hybridized carbons (Fsp3) is 0.733. The molecule has 0 saturated heterocycles. The Balaban J connectivity index is 2.56. The standard InChI is InChI=1S/C15H24O/c1-5-13(9-7-8-12(3)4)15(10-11-15)14(16)6-2/h12H,1,6-11H2,2-4H3. The number of hydrogen-bond donors (Lipinski definition) is 0. The predicted molar refractivity (Wildman–Crippen MR) is 68.3 cm³/mol. The number of allylic oxidation sites excluding steroid dienone is 1. The van der Waals surface area contributed by atoms with Gasteiger partial charge in [-0.2, -0.15) is 0 Å². The van der Waals surface area contributed by atoms with Crippen LogP contribution in [0.2, 0.25) is 0 Å². The number of hydrogen-bond acceptors (Lipinski definition) is 1. The van der Waals surface area contributed by atoms with Crippen molar-refractivity contribution in [2.75, 3.05) is 0 Å². The van der Waals surface area contributed by atoms with Crippen molar-refractivity contribution in [2.24, 2.45) is 11.3 Å². The molecule has 1 heteroatoms. The van der Waals surface area contributed by atoms with Crippen LogP contribution in [-0.4, -0.2) is 5.78 Å². The summed E-state index contributed by atoms with van der Waals surface area (Å²) in [6, 6.07) is 0. The summed E-state index contributed by atoms with van der Waals surface area (Å²) in [5.41, 5.74) is 4.09. The Bertz CT molecular complexity index is 301. The third-order valence-corrected chi connectivity index (χ3v) is 3.60. The summed E-state index contributed by atoms with van der Waals surface area (Å²) in [5.74, 6) is 1.13. The molecule has 1 aliphatic rings. The molecule has 0 aromatic rings. The second-order valence-corrected chi connectivity index (χ2v) is 5.30. The third kappa shape index (κ3) is 2.86. The molecule has 1 fully saturated rings. The zero-order valence-corrected chi connectivity index (χ0v) is 10.9. The minimum Gasteiger partial charge on any atom is -0.299 e. The summed E-state index contributed by atoms with van der Waals surface area (Å²) >= 11 is 0. The number of rotatable bonds is 7. The first-order valence-electron chi connectivity index (χ1n) is 6.49. The lowest BCUT2D eigenvalue weighted by molar-refractivity contribution is -0.122. The molecule has 1 saturated carbocycles. The summed E-state index contributed by atoms with van der Waals surface area (Å²) in [5, 5.41) is 0. The molecular formula is C15H24O. The molecule has 0 spiro atoms. The van der Waals surface area contributed by atoms with Crippen LogP contribution in [-0.2, 0) is 4.79 Å². The van der Waals surface area contributed by atoms with Gasteiger partial charge in [-0.1, -0.05) is 33.8 Å². The van der Waals surface area contributed by atoms with E-state index in [0.29, 0.717) is 12.2 Å². The zero-order chi connectivity index (χ0) is 12.2. The van der Waals surface area contributed by atoms with Gasteiger partial charge < -0.3 is 0 Å². The maximum Gasteiger partial charge on any atom is 0.143 e. The van der Waals surface area contributed by atoms with Crippen LogP contribution >= 0.6 is 0 Å². The van der Waals surface area contributed by atoms with Crippen LogP contribution in [0.5, 0.6) is 0 Å². The Kier molecular flexibility index (Phi) is 4.56. The Morgan fingerprint density at radius 1 is 1.44 bits per heavy atom. The second kappa shape index (κ2) is 5.50. The first kappa shape index (κ1) is 13.3. The molecule has 16 heavy (non-hydrogen) atoms. The molecule has 0 N–H and O–H groups in total. The van der Waals surface area contributed by atoms with Gasteiger partial charge in [0.25, 0.3) is 0 Å². The molecular weight excluding hydrogens is 196 g/mol. The maximum absolute atomic E-state index is 11.9. The van der Waals surface area contributed by atoms with E-state index in [4.69, 9.17) is 0 Å². The van der Waals surface area contributed by atoms with Gasteiger partial charge in [0, 0.05) is 6.42 Å². The highest BCUT2D eigenvalue weighted by atomic mass is 16.1. The van der Waals surface area contributed by atoms with Gasteiger partial charge in [-0.05, 0) is 37.2 Å². The van der Waals surface area contributed by atoms with E-state index in [9.17, 15) is 4.79 Å². The molecule has 0 bridgehead atoms. The second-order valence-electron chi connectivity index (χ2n) is 5.30. The van der Waals surface area contributed by atoms with Gasteiger partial charge in [0.1, 0.15) is 5.78 Å². The molecule has 1 aliphatic carbocycles. The van der Waals surface area contributed by atoms with E-state index in [1.54, 1.807) is 0 Å². The van der Waals surface area contributed by atoms with Gasteiger partial charge in [0.2, 0.25) is 0 Å². The normalized spacial score (nSPS) is 17.0. The molecule has 0 radical (unpaired) electrons. The van der Waals surface area contributed by atoms with Crippen LogP contribution < -0.4 is 0 Å². The largest absolute Gasteiger partial charge is 0.299 e. The van der Waals surface area contributed by atoms with Crippen molar-refractivity contribution in [3.05, 3.63) is 17.9 Å². The number of carbonyl (C=O) groups is 1. The molecule has 90 valence electrons. The van der Waals surface area contributed by atoms with Crippen molar-refractivity contribution >= 4 is 5.78 Å². The maximum atomic E-state index is 11.9. The first-order valence-corrected chi connectivity index (χ1v) is 6.49. The highest BCUT2D eigenvalue weighted by Gasteiger charge is 2.50. The van der Waals surface area contributed by atoms with Gasteiger partial charge in [-0.15, -0.1) is 5.73 Å². The first-order chi connectivity index (χ1) is 7.56. The lowest BCUT2D eigenvalue weighted by Gasteiger charge is -2.16. The molecule has 1 nitrogen and oxygen atoms in total. The Morgan fingerprint density at radius 2 is 2.06 bits per heavy atom. The Labute approximate surface area is 99.6 Å². The average molecular weight is 220 g/mol. The molecule has 0 amide bonds. The number of ketones is 1. The number of carbonyl (C=O) groups excluding carboxylic acids is 1. The summed E-state index contributed by atoms with van der Waals surface area (Å²) in [6.45, 7) is 10.2. The molecule has 0 aliphatic heterocycles. The van der Waals surface area contributed by atoms with Crippen LogP contribution in [0.25, 0.3) is 0 Å². The minimum atomic E-state index is -0.131.